The lowest BCUT2D eigenvalue weighted by molar-refractivity contribution is -0.128. The highest BCUT2D eigenvalue weighted by atomic mass is 127. The van der Waals surface area contributed by atoms with Crippen LogP contribution in [0, 0.1) is 0 Å². The van der Waals surface area contributed by atoms with Gasteiger partial charge in [0.1, 0.15) is 0 Å². The summed E-state index contributed by atoms with van der Waals surface area (Å²) in [4.78, 5) is 19.4. The molecule has 0 atom stereocenters. The van der Waals surface area contributed by atoms with Crippen LogP contribution in [0.5, 0.6) is 11.5 Å². The summed E-state index contributed by atoms with van der Waals surface area (Å²) in [6, 6.07) is 9.92. The molecule has 7 nitrogen and oxygen atoms in total. The van der Waals surface area contributed by atoms with Crippen LogP contribution in [0.15, 0.2) is 40.7 Å². The van der Waals surface area contributed by atoms with E-state index in [1.807, 2.05) is 24.3 Å². The third kappa shape index (κ3) is 7.67. The summed E-state index contributed by atoms with van der Waals surface area (Å²) in [6.45, 7) is 2.47. The molecule has 164 valence electrons. The molecule has 0 spiro atoms. The third-order valence-corrected chi connectivity index (χ3v) is 5.28. The van der Waals surface area contributed by atoms with Crippen LogP contribution in [-0.2, 0) is 11.2 Å². The lowest BCUT2D eigenvalue weighted by Crippen LogP contribution is -2.34. The van der Waals surface area contributed by atoms with Crippen LogP contribution in [0.2, 0.25) is 0 Å². The van der Waals surface area contributed by atoms with Gasteiger partial charge in [-0.1, -0.05) is 6.07 Å². The number of hydrogen-bond acceptors (Lipinski definition) is 5. The van der Waals surface area contributed by atoms with E-state index in [0.29, 0.717) is 38.7 Å². The van der Waals surface area contributed by atoms with Gasteiger partial charge >= 0.3 is 0 Å². The number of nitrogens with one attached hydrogen (secondary N) is 2. The van der Waals surface area contributed by atoms with E-state index in [0.717, 1.165) is 30.0 Å². The molecule has 2 N–H and O–H groups in total. The summed E-state index contributed by atoms with van der Waals surface area (Å²) in [7, 11) is 3.52. The molecule has 0 radical (unpaired) electrons. The molecule has 2 heterocycles. The Morgan fingerprint density at radius 2 is 2.00 bits per heavy atom. The van der Waals surface area contributed by atoms with Crippen molar-refractivity contribution in [2.24, 2.45) is 4.99 Å². The van der Waals surface area contributed by atoms with Crippen molar-refractivity contribution in [3.8, 4) is 11.5 Å². The maximum Gasteiger partial charge on any atom is 0.223 e. The Morgan fingerprint density at radius 3 is 2.73 bits per heavy atom. The molecule has 1 aromatic heterocycles. The maximum atomic E-state index is 11.8. The fourth-order valence-electron chi connectivity index (χ4n) is 2.76. The van der Waals surface area contributed by atoms with E-state index in [9.17, 15) is 4.79 Å². The number of carbonyl (C=O) groups is 1. The molecule has 0 aliphatic carbocycles. The topological polar surface area (TPSA) is 75.2 Å². The second-order valence-corrected chi connectivity index (χ2v) is 7.89. The summed E-state index contributed by atoms with van der Waals surface area (Å²) >= 11 is 1.73. The van der Waals surface area contributed by atoms with Crippen LogP contribution in [0.3, 0.4) is 0 Å². The summed E-state index contributed by atoms with van der Waals surface area (Å²) < 4.78 is 11.5. The number of hydrogen-bond donors (Lipinski definition) is 2. The van der Waals surface area contributed by atoms with Crippen molar-refractivity contribution >= 4 is 52.9 Å². The molecule has 0 bridgehead atoms. The molecule has 1 aliphatic rings. The number of guanidine groups is 1. The first kappa shape index (κ1) is 24.3. The van der Waals surface area contributed by atoms with E-state index >= 15 is 0 Å². The number of anilines is 1. The number of thiophene rings is 1. The Balaban J connectivity index is 0.00000320. The highest BCUT2D eigenvalue weighted by Gasteiger charge is 2.12. The van der Waals surface area contributed by atoms with Gasteiger partial charge in [-0.2, -0.15) is 0 Å². The Morgan fingerprint density at radius 1 is 1.20 bits per heavy atom. The van der Waals surface area contributed by atoms with E-state index in [1.165, 1.54) is 4.88 Å². The third-order valence-electron chi connectivity index (χ3n) is 4.35. The molecular formula is C21H29IN4O3S. The highest BCUT2D eigenvalue weighted by molar-refractivity contribution is 14.0. The van der Waals surface area contributed by atoms with Gasteiger partial charge in [0.25, 0.3) is 0 Å². The fourth-order valence-corrected chi connectivity index (χ4v) is 3.46. The molecule has 1 amide bonds. The minimum absolute atomic E-state index is 0. The lowest BCUT2D eigenvalue weighted by atomic mass is 10.2. The average molecular weight is 544 g/mol. The Hall–Kier alpha value is -2.01. The van der Waals surface area contributed by atoms with Crippen LogP contribution < -0.4 is 20.1 Å². The maximum absolute atomic E-state index is 11.8. The Bertz CT molecular complexity index is 828. The Labute approximate surface area is 198 Å². The van der Waals surface area contributed by atoms with Crippen molar-refractivity contribution < 1.29 is 14.3 Å². The number of amides is 1. The highest BCUT2D eigenvalue weighted by Crippen LogP contribution is 2.32. The predicted octanol–water partition coefficient (Wildman–Crippen LogP) is 3.61. The first-order valence-corrected chi connectivity index (χ1v) is 10.7. The van der Waals surface area contributed by atoms with E-state index in [-0.39, 0.29) is 29.9 Å². The van der Waals surface area contributed by atoms with Crippen molar-refractivity contribution in [2.45, 2.75) is 19.3 Å². The van der Waals surface area contributed by atoms with Crippen molar-refractivity contribution in [1.82, 2.24) is 10.2 Å². The van der Waals surface area contributed by atoms with E-state index < -0.39 is 0 Å². The predicted molar refractivity (Wildman–Crippen MR) is 133 cm³/mol. The number of benzene rings is 1. The second-order valence-electron chi connectivity index (χ2n) is 6.86. The number of halogens is 1. The number of nitrogens with zero attached hydrogens (tertiary/aromatic N) is 2. The largest absolute Gasteiger partial charge is 0.490 e. The van der Waals surface area contributed by atoms with E-state index in [4.69, 9.17) is 9.47 Å². The number of ether oxygens (including phenoxy) is 2. The minimum atomic E-state index is 0. The molecule has 30 heavy (non-hydrogen) atoms. The van der Waals surface area contributed by atoms with Gasteiger partial charge in [-0.15, -0.1) is 35.3 Å². The van der Waals surface area contributed by atoms with Gasteiger partial charge in [-0.05, 0) is 23.6 Å². The first-order valence-electron chi connectivity index (χ1n) is 9.79. The van der Waals surface area contributed by atoms with Gasteiger partial charge in [0.2, 0.25) is 5.91 Å². The molecular weight excluding hydrogens is 515 g/mol. The second kappa shape index (κ2) is 12.6. The lowest BCUT2D eigenvalue weighted by Gasteiger charge is -2.15. The summed E-state index contributed by atoms with van der Waals surface area (Å²) in [5.41, 5.74) is 0.857. The molecule has 3 rings (SSSR count). The average Bonchev–Trinajstić information content (AvgIpc) is 3.11. The van der Waals surface area contributed by atoms with Gasteiger partial charge in [0.15, 0.2) is 17.5 Å². The number of rotatable bonds is 7. The Kier molecular flexibility index (Phi) is 10.2. The monoisotopic (exact) mass is 544 g/mol. The van der Waals surface area contributed by atoms with E-state index in [2.05, 4.69) is 27.1 Å². The number of fused-ring (bicyclic) bond motifs is 1. The molecule has 1 aliphatic heterocycles. The SMILES string of the molecule is CN(C)C(=O)CCNC(=NCCc1cccs1)Nc1ccc2c(c1)OCCCO2.I. The molecule has 2 aromatic rings. The van der Waals surface area contributed by atoms with Crippen molar-refractivity contribution in [2.75, 3.05) is 45.7 Å². The zero-order valence-electron chi connectivity index (χ0n) is 17.3. The summed E-state index contributed by atoms with van der Waals surface area (Å²) in [5.74, 6) is 2.20. The van der Waals surface area contributed by atoms with Crippen LogP contribution in [-0.4, -0.2) is 57.2 Å². The fraction of sp³-hybridized carbons (Fsp3) is 0.429. The van der Waals surface area contributed by atoms with Gasteiger partial charge in [0, 0.05) is 63.1 Å². The van der Waals surface area contributed by atoms with Crippen LogP contribution in [0.1, 0.15) is 17.7 Å². The van der Waals surface area contributed by atoms with Crippen LogP contribution in [0.25, 0.3) is 0 Å². The van der Waals surface area contributed by atoms with Gasteiger partial charge in [-0.3, -0.25) is 9.79 Å². The van der Waals surface area contributed by atoms with E-state index in [1.54, 1.807) is 30.3 Å². The molecule has 9 heteroatoms. The smallest absolute Gasteiger partial charge is 0.223 e. The molecule has 0 unspecified atom stereocenters. The van der Waals surface area contributed by atoms with Crippen LogP contribution in [0.4, 0.5) is 5.69 Å². The van der Waals surface area contributed by atoms with Gasteiger partial charge in [0.05, 0.1) is 13.2 Å². The number of aliphatic imine (C=N–C) groups is 1. The molecule has 0 saturated carbocycles. The van der Waals surface area contributed by atoms with Crippen molar-refractivity contribution in [3.05, 3.63) is 40.6 Å². The quantitative estimate of drug-likeness (QED) is 0.317. The standard InChI is InChI=1S/C21H28N4O3S.HI/c1-25(2)20(26)9-11-23-21(22-10-8-17-5-3-14-29-17)24-16-6-7-18-19(15-16)28-13-4-12-27-18;/h3,5-7,14-15H,4,8-13H2,1-2H3,(H2,22,23,24);1H. The minimum Gasteiger partial charge on any atom is -0.490 e. The van der Waals surface area contributed by atoms with Crippen molar-refractivity contribution in [3.63, 3.8) is 0 Å². The summed E-state index contributed by atoms with van der Waals surface area (Å²) in [5, 5.41) is 8.63. The number of carbonyl (C=O) groups excluding carboxylic acids is 1. The van der Waals surface area contributed by atoms with Crippen molar-refractivity contribution in [1.29, 1.82) is 0 Å². The summed E-state index contributed by atoms with van der Waals surface area (Å²) in [6.07, 6.45) is 2.15. The van der Waals surface area contributed by atoms with Gasteiger partial charge < -0.3 is 25.0 Å². The van der Waals surface area contributed by atoms with Crippen LogP contribution >= 0.6 is 35.3 Å². The molecule has 0 fully saturated rings. The zero-order valence-corrected chi connectivity index (χ0v) is 20.5. The molecule has 1 aromatic carbocycles. The zero-order chi connectivity index (χ0) is 20.5. The normalized spacial score (nSPS) is 13.1. The van der Waals surface area contributed by atoms with Gasteiger partial charge in [-0.25, -0.2) is 0 Å². The molecule has 0 saturated heterocycles. The first-order chi connectivity index (χ1) is 14.1.